The Bertz CT molecular complexity index is 463. The molecule has 1 aromatic rings. The number of rotatable bonds is 3. The minimum absolute atomic E-state index is 0.214. The van der Waals surface area contributed by atoms with E-state index in [9.17, 15) is 13.2 Å². The lowest BCUT2D eigenvalue weighted by molar-refractivity contribution is -0.141. The summed E-state index contributed by atoms with van der Waals surface area (Å²) in [6, 6.07) is 0.985. The molecule has 0 amide bonds. The molecule has 1 saturated heterocycles. The van der Waals surface area contributed by atoms with Gasteiger partial charge in [0.05, 0.1) is 0 Å². The Hall–Kier alpha value is -1.57. The normalized spacial score (nSPS) is 20.1. The third-order valence-electron chi connectivity index (χ3n) is 3.55. The van der Waals surface area contributed by atoms with Gasteiger partial charge in [0, 0.05) is 19.2 Å². The molecule has 112 valence electrons. The second-order valence-corrected chi connectivity index (χ2v) is 4.94. The molecular formula is C12H18F3N5. The molecule has 1 atom stereocenters. The van der Waals surface area contributed by atoms with Crippen LogP contribution in [0, 0.1) is 5.92 Å². The molecule has 0 radical (unpaired) electrons. The Morgan fingerprint density at radius 1 is 1.45 bits per heavy atom. The van der Waals surface area contributed by atoms with Crippen LogP contribution in [0.4, 0.5) is 24.9 Å². The average Bonchev–Trinajstić information content (AvgIpc) is 2.46. The highest BCUT2D eigenvalue weighted by atomic mass is 19.4. The summed E-state index contributed by atoms with van der Waals surface area (Å²) in [5, 5.41) is 0. The molecule has 1 aliphatic heterocycles. The van der Waals surface area contributed by atoms with E-state index in [1.54, 1.807) is 0 Å². The molecule has 5 nitrogen and oxygen atoms in total. The first-order chi connectivity index (χ1) is 9.44. The van der Waals surface area contributed by atoms with Crippen molar-refractivity contribution < 1.29 is 13.2 Å². The monoisotopic (exact) mass is 289 g/mol. The fourth-order valence-corrected chi connectivity index (χ4v) is 2.41. The fourth-order valence-electron chi connectivity index (χ4n) is 2.41. The highest BCUT2D eigenvalue weighted by Crippen LogP contribution is 2.31. The van der Waals surface area contributed by atoms with Crippen LogP contribution in [0.15, 0.2) is 6.07 Å². The fraction of sp³-hybridized carbons (Fsp3) is 0.667. The highest BCUT2D eigenvalue weighted by molar-refractivity contribution is 5.45. The lowest BCUT2D eigenvalue weighted by Gasteiger charge is -2.33. The molecule has 3 N–H and O–H groups in total. The predicted octanol–water partition coefficient (Wildman–Crippen LogP) is 2.41. The van der Waals surface area contributed by atoms with Crippen LogP contribution in [0.25, 0.3) is 0 Å². The topological polar surface area (TPSA) is 67.1 Å². The second kappa shape index (κ2) is 5.82. The van der Waals surface area contributed by atoms with Gasteiger partial charge in [0.2, 0.25) is 5.95 Å². The van der Waals surface area contributed by atoms with E-state index in [-0.39, 0.29) is 11.8 Å². The number of nitrogen functional groups attached to an aromatic ring is 1. The van der Waals surface area contributed by atoms with Gasteiger partial charge in [-0.2, -0.15) is 18.2 Å². The molecular weight excluding hydrogens is 271 g/mol. The maximum atomic E-state index is 12.8. The highest BCUT2D eigenvalue weighted by Gasteiger charge is 2.34. The lowest BCUT2D eigenvalue weighted by Crippen LogP contribution is -2.36. The van der Waals surface area contributed by atoms with Crippen LogP contribution in [0.5, 0.6) is 0 Å². The van der Waals surface area contributed by atoms with E-state index in [1.165, 1.54) is 0 Å². The van der Waals surface area contributed by atoms with Crippen molar-refractivity contribution in [3.8, 4) is 0 Å². The Balaban J connectivity index is 2.30. The first kappa shape index (κ1) is 14.8. The van der Waals surface area contributed by atoms with Crippen molar-refractivity contribution in [3.05, 3.63) is 11.8 Å². The molecule has 0 spiro atoms. The number of hydrogen-bond acceptors (Lipinski definition) is 5. The van der Waals surface area contributed by atoms with E-state index >= 15 is 0 Å². The van der Waals surface area contributed by atoms with Gasteiger partial charge < -0.3 is 4.90 Å². The van der Waals surface area contributed by atoms with Gasteiger partial charge in [0.15, 0.2) is 5.69 Å². The molecule has 0 aliphatic carbocycles. The number of hydrogen-bond donors (Lipinski definition) is 2. The van der Waals surface area contributed by atoms with Crippen LogP contribution in [0.3, 0.4) is 0 Å². The molecule has 1 aromatic heterocycles. The van der Waals surface area contributed by atoms with E-state index in [4.69, 9.17) is 5.84 Å². The summed E-state index contributed by atoms with van der Waals surface area (Å²) >= 11 is 0. The molecule has 2 heterocycles. The Morgan fingerprint density at radius 3 is 2.80 bits per heavy atom. The van der Waals surface area contributed by atoms with Crippen molar-refractivity contribution in [1.29, 1.82) is 0 Å². The number of piperidine rings is 1. The molecule has 20 heavy (non-hydrogen) atoms. The number of halogens is 3. The van der Waals surface area contributed by atoms with Gasteiger partial charge in [0.1, 0.15) is 5.82 Å². The molecule has 0 aromatic carbocycles. The van der Waals surface area contributed by atoms with E-state index in [2.05, 4.69) is 22.3 Å². The van der Waals surface area contributed by atoms with E-state index in [0.29, 0.717) is 12.5 Å². The van der Waals surface area contributed by atoms with Crippen molar-refractivity contribution in [1.82, 2.24) is 9.97 Å². The van der Waals surface area contributed by atoms with Gasteiger partial charge in [-0.15, -0.1) is 0 Å². The van der Waals surface area contributed by atoms with Crippen molar-refractivity contribution in [2.45, 2.75) is 32.4 Å². The SMILES string of the molecule is CCC1CCCN(c2cc(C(F)(F)F)nc(NN)n2)C1. The Kier molecular flexibility index (Phi) is 4.32. The number of nitrogens with zero attached hydrogens (tertiary/aromatic N) is 3. The van der Waals surface area contributed by atoms with Gasteiger partial charge in [-0.1, -0.05) is 13.3 Å². The van der Waals surface area contributed by atoms with Crippen LogP contribution >= 0.6 is 0 Å². The summed E-state index contributed by atoms with van der Waals surface area (Å²) < 4.78 is 38.5. The van der Waals surface area contributed by atoms with Gasteiger partial charge in [-0.25, -0.2) is 10.8 Å². The number of nitrogens with one attached hydrogen (secondary N) is 1. The van der Waals surface area contributed by atoms with Gasteiger partial charge >= 0.3 is 6.18 Å². The van der Waals surface area contributed by atoms with Crippen molar-refractivity contribution >= 4 is 11.8 Å². The number of hydrazine groups is 1. The van der Waals surface area contributed by atoms with E-state index in [1.807, 2.05) is 4.90 Å². The molecule has 1 aliphatic rings. The predicted molar refractivity (Wildman–Crippen MR) is 70.1 cm³/mol. The van der Waals surface area contributed by atoms with Gasteiger partial charge in [-0.3, -0.25) is 5.43 Å². The summed E-state index contributed by atoms with van der Waals surface area (Å²) in [6.07, 6.45) is -1.44. The Labute approximate surface area is 115 Å². The average molecular weight is 289 g/mol. The molecule has 1 fully saturated rings. The van der Waals surface area contributed by atoms with Crippen LogP contribution in [-0.2, 0) is 6.18 Å². The first-order valence-electron chi connectivity index (χ1n) is 6.62. The first-order valence-corrected chi connectivity index (χ1v) is 6.62. The zero-order chi connectivity index (χ0) is 14.8. The maximum Gasteiger partial charge on any atom is 0.433 e. The zero-order valence-electron chi connectivity index (χ0n) is 11.2. The third-order valence-corrected chi connectivity index (χ3v) is 3.55. The number of alkyl halides is 3. The minimum Gasteiger partial charge on any atom is -0.356 e. The summed E-state index contributed by atoms with van der Waals surface area (Å²) in [6.45, 7) is 3.51. The van der Waals surface area contributed by atoms with Crippen molar-refractivity contribution in [2.75, 3.05) is 23.4 Å². The number of nitrogens with two attached hydrogens (primary N) is 1. The molecule has 8 heteroatoms. The summed E-state index contributed by atoms with van der Waals surface area (Å²) in [7, 11) is 0. The van der Waals surface area contributed by atoms with Crippen molar-refractivity contribution in [2.24, 2.45) is 11.8 Å². The number of aromatic nitrogens is 2. The number of anilines is 2. The standard InChI is InChI=1S/C12H18F3N5/c1-2-8-4-3-5-20(7-8)10-6-9(12(13,14)15)17-11(18-10)19-16/h6,8H,2-5,7,16H2,1H3,(H,17,18,19). The van der Waals surface area contributed by atoms with Gasteiger partial charge in [-0.05, 0) is 18.8 Å². The molecule has 2 rings (SSSR count). The van der Waals surface area contributed by atoms with Crippen LogP contribution in [-0.4, -0.2) is 23.1 Å². The maximum absolute atomic E-state index is 12.8. The van der Waals surface area contributed by atoms with Crippen LogP contribution < -0.4 is 16.2 Å². The third kappa shape index (κ3) is 3.30. The summed E-state index contributed by atoms with van der Waals surface area (Å²) in [5.74, 6) is 5.70. The quantitative estimate of drug-likeness (QED) is 0.660. The van der Waals surface area contributed by atoms with Gasteiger partial charge in [0.25, 0.3) is 0 Å². The molecule has 1 unspecified atom stereocenters. The largest absolute Gasteiger partial charge is 0.433 e. The summed E-state index contributed by atoms with van der Waals surface area (Å²) in [5.41, 5.74) is 1.12. The van der Waals surface area contributed by atoms with Crippen LogP contribution in [0.2, 0.25) is 0 Å². The Morgan fingerprint density at radius 2 is 2.20 bits per heavy atom. The van der Waals surface area contributed by atoms with E-state index in [0.717, 1.165) is 31.9 Å². The minimum atomic E-state index is -4.51. The van der Waals surface area contributed by atoms with Crippen molar-refractivity contribution in [3.63, 3.8) is 0 Å². The lowest BCUT2D eigenvalue weighted by atomic mass is 9.96. The molecule has 0 saturated carbocycles. The smallest absolute Gasteiger partial charge is 0.356 e. The van der Waals surface area contributed by atoms with E-state index < -0.39 is 11.9 Å². The van der Waals surface area contributed by atoms with Crippen LogP contribution in [0.1, 0.15) is 31.9 Å². The zero-order valence-corrected chi connectivity index (χ0v) is 11.2. The second-order valence-electron chi connectivity index (χ2n) is 4.94. The molecule has 0 bridgehead atoms. The summed E-state index contributed by atoms with van der Waals surface area (Å²) in [4.78, 5) is 9.27.